The van der Waals surface area contributed by atoms with Gasteiger partial charge in [0.25, 0.3) is 0 Å². The average molecular weight is 278 g/mol. The van der Waals surface area contributed by atoms with Crippen molar-refractivity contribution in [3.8, 4) is 5.75 Å². The zero-order valence-corrected chi connectivity index (χ0v) is 13.0. The zero-order valence-electron chi connectivity index (χ0n) is 12.2. The Hall–Kier alpha value is -1.29. The number of thiocarbonyl (C=S) groups is 1. The van der Waals surface area contributed by atoms with Gasteiger partial charge in [0.05, 0.1) is 7.11 Å². The van der Waals surface area contributed by atoms with Gasteiger partial charge in [-0.25, -0.2) is 0 Å². The molecule has 104 valence electrons. The largest absolute Gasteiger partial charge is 0.497 e. The van der Waals surface area contributed by atoms with Crippen LogP contribution in [0.15, 0.2) is 18.2 Å². The summed E-state index contributed by atoms with van der Waals surface area (Å²) in [7, 11) is 1.66. The molecule has 1 aliphatic carbocycles. The van der Waals surface area contributed by atoms with E-state index in [0.29, 0.717) is 11.0 Å². The van der Waals surface area contributed by atoms with Crippen molar-refractivity contribution in [3.63, 3.8) is 0 Å². The van der Waals surface area contributed by atoms with E-state index < -0.39 is 0 Å². The van der Waals surface area contributed by atoms with Crippen molar-refractivity contribution in [2.45, 2.75) is 33.7 Å². The second kappa shape index (κ2) is 4.37. The highest BCUT2D eigenvalue weighted by Gasteiger charge is 2.65. The lowest BCUT2D eigenvalue weighted by Gasteiger charge is -2.14. The Morgan fingerprint density at radius 3 is 2.26 bits per heavy atom. The molecule has 0 saturated heterocycles. The third-order valence-electron chi connectivity index (χ3n) is 4.81. The van der Waals surface area contributed by atoms with E-state index in [1.165, 1.54) is 0 Å². The Morgan fingerprint density at radius 2 is 1.84 bits per heavy atom. The van der Waals surface area contributed by atoms with Crippen molar-refractivity contribution in [1.82, 2.24) is 0 Å². The Morgan fingerprint density at radius 1 is 1.26 bits per heavy atom. The number of nitrogens with one attached hydrogen (secondary N) is 1. The fourth-order valence-corrected chi connectivity index (χ4v) is 2.88. The molecular formula is C15H22N2OS. The van der Waals surface area contributed by atoms with Crippen molar-refractivity contribution >= 4 is 22.9 Å². The minimum atomic E-state index is 0.254. The summed E-state index contributed by atoms with van der Waals surface area (Å²) >= 11 is 5.11. The van der Waals surface area contributed by atoms with Gasteiger partial charge in [-0.3, -0.25) is 0 Å². The van der Waals surface area contributed by atoms with Crippen LogP contribution in [0.3, 0.4) is 0 Å². The molecule has 1 fully saturated rings. The number of hydrogen-bond donors (Lipinski definition) is 2. The zero-order chi connectivity index (χ0) is 14.4. The molecular weight excluding hydrogens is 256 g/mol. The fraction of sp³-hybridized carbons (Fsp3) is 0.533. The van der Waals surface area contributed by atoms with Gasteiger partial charge in [0.2, 0.25) is 0 Å². The van der Waals surface area contributed by atoms with Crippen molar-refractivity contribution in [2.24, 2.45) is 16.6 Å². The first-order valence-electron chi connectivity index (χ1n) is 6.46. The van der Waals surface area contributed by atoms with E-state index >= 15 is 0 Å². The molecule has 1 saturated carbocycles. The summed E-state index contributed by atoms with van der Waals surface area (Å²) in [5, 5.41) is 3.57. The van der Waals surface area contributed by atoms with Crippen LogP contribution >= 0.6 is 12.2 Å². The molecule has 1 aromatic carbocycles. The minimum Gasteiger partial charge on any atom is -0.497 e. The van der Waals surface area contributed by atoms with Crippen molar-refractivity contribution in [1.29, 1.82) is 0 Å². The molecule has 0 amide bonds. The van der Waals surface area contributed by atoms with Gasteiger partial charge in [-0.15, -0.1) is 0 Å². The average Bonchev–Trinajstić information content (AvgIpc) is 2.71. The number of methoxy groups -OCH3 is 1. The van der Waals surface area contributed by atoms with Gasteiger partial charge < -0.3 is 15.8 Å². The number of rotatable bonds is 4. The number of ether oxygens (including phenoxy) is 1. The van der Waals surface area contributed by atoms with Crippen LogP contribution in [0.2, 0.25) is 0 Å². The SMILES string of the molecule is COc1ccc(C(N)=S)c(NC2C(C)(C)C2(C)C)c1. The van der Waals surface area contributed by atoms with E-state index in [-0.39, 0.29) is 10.8 Å². The highest BCUT2D eigenvalue weighted by atomic mass is 32.1. The fourth-order valence-electron chi connectivity index (χ4n) is 2.70. The Kier molecular flexibility index (Phi) is 3.25. The second-order valence-corrected chi connectivity index (χ2v) is 6.74. The van der Waals surface area contributed by atoms with Gasteiger partial charge in [0.15, 0.2) is 0 Å². The van der Waals surface area contributed by atoms with Gasteiger partial charge in [-0.2, -0.15) is 0 Å². The maximum absolute atomic E-state index is 5.79. The Labute approximate surface area is 120 Å². The highest BCUT2D eigenvalue weighted by Crippen LogP contribution is 2.63. The molecule has 1 aromatic rings. The highest BCUT2D eigenvalue weighted by molar-refractivity contribution is 7.80. The summed E-state index contributed by atoms with van der Waals surface area (Å²) in [6.07, 6.45) is 0. The summed E-state index contributed by atoms with van der Waals surface area (Å²) in [6, 6.07) is 6.15. The van der Waals surface area contributed by atoms with Crippen molar-refractivity contribution in [2.75, 3.05) is 12.4 Å². The van der Waals surface area contributed by atoms with E-state index in [9.17, 15) is 0 Å². The van der Waals surface area contributed by atoms with E-state index in [1.807, 2.05) is 18.2 Å². The number of hydrogen-bond acceptors (Lipinski definition) is 3. The van der Waals surface area contributed by atoms with Gasteiger partial charge in [0, 0.05) is 23.4 Å². The van der Waals surface area contributed by atoms with Crippen LogP contribution < -0.4 is 15.8 Å². The predicted octanol–water partition coefficient (Wildman–Crippen LogP) is 3.18. The molecule has 0 unspecified atom stereocenters. The van der Waals surface area contributed by atoms with Crippen LogP contribution in [-0.2, 0) is 0 Å². The lowest BCUT2D eigenvalue weighted by molar-refractivity contribution is 0.415. The minimum absolute atomic E-state index is 0.254. The molecule has 0 heterocycles. The van der Waals surface area contributed by atoms with Gasteiger partial charge in [0.1, 0.15) is 10.7 Å². The van der Waals surface area contributed by atoms with E-state index in [2.05, 4.69) is 33.0 Å². The van der Waals surface area contributed by atoms with Crippen LogP contribution in [0.4, 0.5) is 5.69 Å². The van der Waals surface area contributed by atoms with E-state index in [0.717, 1.165) is 17.0 Å². The third kappa shape index (κ3) is 2.18. The van der Waals surface area contributed by atoms with Crippen molar-refractivity contribution < 1.29 is 4.74 Å². The molecule has 4 heteroatoms. The van der Waals surface area contributed by atoms with E-state index in [1.54, 1.807) is 7.11 Å². The molecule has 0 aromatic heterocycles. The number of anilines is 1. The summed E-state index contributed by atoms with van der Waals surface area (Å²) in [6.45, 7) is 9.08. The Bertz CT molecular complexity index is 509. The van der Waals surface area contributed by atoms with Crippen LogP contribution in [0, 0.1) is 10.8 Å². The summed E-state index contributed by atoms with van der Waals surface area (Å²) < 4.78 is 5.27. The number of nitrogens with two attached hydrogens (primary N) is 1. The maximum atomic E-state index is 5.79. The summed E-state index contributed by atoms with van der Waals surface area (Å²) in [5.74, 6) is 0.804. The molecule has 2 rings (SSSR count). The molecule has 0 spiro atoms. The van der Waals surface area contributed by atoms with Gasteiger partial charge >= 0.3 is 0 Å². The first-order valence-corrected chi connectivity index (χ1v) is 6.87. The molecule has 3 nitrogen and oxygen atoms in total. The Balaban J connectivity index is 2.32. The van der Waals surface area contributed by atoms with Gasteiger partial charge in [-0.05, 0) is 23.0 Å². The van der Waals surface area contributed by atoms with Gasteiger partial charge in [-0.1, -0.05) is 39.9 Å². The lowest BCUT2D eigenvalue weighted by Crippen LogP contribution is -2.17. The molecule has 0 bridgehead atoms. The quantitative estimate of drug-likeness (QED) is 0.831. The maximum Gasteiger partial charge on any atom is 0.120 e. The van der Waals surface area contributed by atoms with Crippen molar-refractivity contribution in [3.05, 3.63) is 23.8 Å². The van der Waals surface area contributed by atoms with Crippen LogP contribution in [0.25, 0.3) is 0 Å². The second-order valence-electron chi connectivity index (χ2n) is 6.30. The molecule has 0 radical (unpaired) electrons. The first-order chi connectivity index (χ1) is 8.71. The first kappa shape index (κ1) is 14.1. The predicted molar refractivity (Wildman–Crippen MR) is 83.9 cm³/mol. The van der Waals surface area contributed by atoms with Crippen LogP contribution in [0.5, 0.6) is 5.75 Å². The topological polar surface area (TPSA) is 47.3 Å². The van der Waals surface area contributed by atoms with Crippen LogP contribution in [0.1, 0.15) is 33.3 Å². The summed E-state index contributed by atoms with van der Waals surface area (Å²) in [4.78, 5) is 0.404. The van der Waals surface area contributed by atoms with E-state index in [4.69, 9.17) is 22.7 Å². The third-order valence-corrected chi connectivity index (χ3v) is 5.03. The molecule has 1 aliphatic rings. The van der Waals surface area contributed by atoms with Crippen LogP contribution in [-0.4, -0.2) is 18.1 Å². The normalized spacial score (nSPS) is 19.8. The molecule has 19 heavy (non-hydrogen) atoms. The lowest BCUT2D eigenvalue weighted by atomic mass is 10.0. The standard InChI is InChI=1S/C15H22N2OS/c1-14(2)13(15(14,3)4)17-11-8-9(18-5)6-7-10(11)12(16)19/h6-8,13,17H,1-5H3,(H2,16,19). The molecule has 0 atom stereocenters. The smallest absolute Gasteiger partial charge is 0.120 e. The molecule has 3 N–H and O–H groups in total. The molecule has 0 aliphatic heterocycles. The summed E-state index contributed by atoms with van der Waals surface area (Å²) in [5.41, 5.74) is 8.12. The monoisotopic (exact) mass is 278 g/mol. The number of benzene rings is 1.